The Morgan fingerprint density at radius 2 is 2.00 bits per heavy atom. The van der Waals surface area contributed by atoms with Crippen LogP contribution < -0.4 is 29.6 Å². The van der Waals surface area contributed by atoms with Gasteiger partial charge in [0.1, 0.15) is 11.5 Å². The molecular formula is C3H7NaO4S. The molecule has 0 aromatic carbocycles. The van der Waals surface area contributed by atoms with Gasteiger partial charge in [-0.25, -0.2) is 0 Å². The first-order valence-corrected chi connectivity index (χ1v) is 3.47. The first kappa shape index (κ1) is 12.3. The molecule has 0 heterocycles. The molecule has 0 fully saturated rings. The summed E-state index contributed by atoms with van der Waals surface area (Å²) < 4.78 is 27.5. The molecule has 0 aliphatic heterocycles. The number of hydrogen-bond donors (Lipinski definition) is 1. The van der Waals surface area contributed by atoms with Gasteiger partial charge in [-0.2, -0.15) is 8.42 Å². The first-order valence-electron chi connectivity index (χ1n) is 1.86. The molecule has 50 valence electrons. The van der Waals surface area contributed by atoms with Gasteiger partial charge in [0.05, 0.1) is 0 Å². The smallest absolute Gasteiger partial charge is 1.00 e. The monoisotopic (exact) mass is 162 g/mol. The van der Waals surface area contributed by atoms with E-state index < -0.39 is 21.7 Å². The number of hydrogen-bond acceptors (Lipinski definition) is 3. The molecule has 0 aliphatic rings. The van der Waals surface area contributed by atoms with Gasteiger partial charge in [0.15, 0.2) is 0 Å². The average Bonchev–Trinajstić information content (AvgIpc) is 1.21. The zero-order chi connectivity index (χ0) is 6.78. The van der Waals surface area contributed by atoms with E-state index in [0.717, 1.165) is 6.92 Å². The molecule has 0 saturated carbocycles. The van der Waals surface area contributed by atoms with Gasteiger partial charge >= 0.3 is 29.6 Å². The van der Waals surface area contributed by atoms with Gasteiger partial charge in [-0.1, -0.05) is 0 Å². The van der Waals surface area contributed by atoms with Crippen LogP contribution in [0.25, 0.3) is 0 Å². The fourth-order valence-corrected chi connectivity index (χ4v) is 0.771. The standard InChI is InChI=1S/C3H6O4S.Na.H/c1-3(4)2-8(5,6)7;;/h2H2,1H3,(H,5,6,7);;/q;+1;-1. The van der Waals surface area contributed by atoms with E-state index >= 15 is 0 Å². The van der Waals surface area contributed by atoms with Crippen molar-refractivity contribution >= 4 is 15.9 Å². The van der Waals surface area contributed by atoms with Gasteiger partial charge < -0.3 is 1.43 Å². The number of carbonyl (C=O) groups excluding carboxylic acids is 1. The molecule has 9 heavy (non-hydrogen) atoms. The van der Waals surface area contributed by atoms with Crippen molar-refractivity contribution in [3.05, 3.63) is 0 Å². The number of rotatable bonds is 2. The van der Waals surface area contributed by atoms with Gasteiger partial charge in [-0.05, 0) is 6.92 Å². The number of Topliss-reactive ketones (excluding diaryl/α,β-unsaturated/α-hetero) is 1. The molecule has 0 saturated heterocycles. The Morgan fingerprint density at radius 1 is 1.67 bits per heavy atom. The molecule has 0 amide bonds. The second-order valence-corrected chi connectivity index (χ2v) is 2.88. The maximum Gasteiger partial charge on any atom is 1.00 e. The van der Waals surface area contributed by atoms with Crippen molar-refractivity contribution in [3.63, 3.8) is 0 Å². The molecule has 0 aliphatic carbocycles. The summed E-state index contributed by atoms with van der Waals surface area (Å²) >= 11 is 0. The largest absolute Gasteiger partial charge is 1.00 e. The molecule has 0 unspecified atom stereocenters. The maximum absolute atomic E-state index is 9.92. The zero-order valence-electron chi connectivity index (χ0n) is 6.29. The van der Waals surface area contributed by atoms with Crippen LogP contribution in [0.5, 0.6) is 0 Å². The first-order chi connectivity index (χ1) is 3.42. The second kappa shape index (κ2) is 4.40. The minimum atomic E-state index is -4.07. The summed E-state index contributed by atoms with van der Waals surface area (Å²) in [6.45, 7) is 1.09. The van der Waals surface area contributed by atoms with Crippen LogP contribution in [0.2, 0.25) is 0 Å². The molecule has 6 heteroatoms. The fourth-order valence-electron chi connectivity index (χ4n) is 0.257. The van der Waals surface area contributed by atoms with Gasteiger partial charge in [-0.3, -0.25) is 9.35 Å². The zero-order valence-corrected chi connectivity index (χ0v) is 8.10. The third-order valence-electron chi connectivity index (χ3n) is 0.386. The molecule has 0 atom stereocenters. The van der Waals surface area contributed by atoms with Crippen LogP contribution in [-0.2, 0) is 14.9 Å². The van der Waals surface area contributed by atoms with E-state index in [0.29, 0.717) is 0 Å². The Kier molecular flexibility index (Phi) is 6.01. The predicted molar refractivity (Wildman–Crippen MR) is 28.2 cm³/mol. The van der Waals surface area contributed by atoms with Gasteiger partial charge in [0.2, 0.25) is 0 Å². The van der Waals surface area contributed by atoms with Crippen molar-refractivity contribution in [2.24, 2.45) is 0 Å². The summed E-state index contributed by atoms with van der Waals surface area (Å²) in [5.41, 5.74) is 0. The van der Waals surface area contributed by atoms with Crippen molar-refractivity contribution < 1.29 is 48.7 Å². The summed E-state index contributed by atoms with van der Waals surface area (Å²) in [5, 5.41) is 0. The summed E-state index contributed by atoms with van der Waals surface area (Å²) in [6.07, 6.45) is 0. The Balaban J connectivity index is -0.000000245. The molecule has 1 N–H and O–H groups in total. The molecule has 0 aromatic rings. The van der Waals surface area contributed by atoms with Gasteiger partial charge in [0.25, 0.3) is 10.1 Å². The quantitative estimate of drug-likeness (QED) is 0.339. The van der Waals surface area contributed by atoms with E-state index in [1.165, 1.54) is 0 Å². The third-order valence-corrected chi connectivity index (χ3v) is 1.16. The summed E-state index contributed by atoms with van der Waals surface area (Å²) in [7, 11) is -4.07. The fraction of sp³-hybridized carbons (Fsp3) is 0.667. The predicted octanol–water partition coefficient (Wildman–Crippen LogP) is -3.42. The van der Waals surface area contributed by atoms with E-state index in [4.69, 9.17) is 4.55 Å². The molecule has 0 rings (SSSR count). The maximum atomic E-state index is 9.92. The van der Waals surface area contributed by atoms with Crippen LogP contribution >= 0.6 is 0 Å². The molecule has 0 bridgehead atoms. The summed E-state index contributed by atoms with van der Waals surface area (Å²) in [4.78, 5) is 9.92. The topological polar surface area (TPSA) is 71.4 Å². The van der Waals surface area contributed by atoms with Crippen LogP contribution in [0.15, 0.2) is 0 Å². The Hall–Kier alpha value is 0.580. The van der Waals surface area contributed by atoms with E-state index in [-0.39, 0.29) is 31.0 Å². The van der Waals surface area contributed by atoms with E-state index in [9.17, 15) is 13.2 Å². The summed E-state index contributed by atoms with van der Waals surface area (Å²) in [6, 6.07) is 0. The van der Waals surface area contributed by atoms with Gasteiger partial charge in [0, 0.05) is 0 Å². The Labute approximate surface area is 77.2 Å². The van der Waals surface area contributed by atoms with E-state index in [2.05, 4.69) is 0 Å². The van der Waals surface area contributed by atoms with Crippen LogP contribution in [0.3, 0.4) is 0 Å². The number of carbonyl (C=O) groups is 1. The van der Waals surface area contributed by atoms with Crippen LogP contribution in [0.1, 0.15) is 8.35 Å². The molecular weight excluding hydrogens is 155 g/mol. The summed E-state index contributed by atoms with van der Waals surface area (Å²) in [5.74, 6) is -1.35. The third kappa shape index (κ3) is 11.9. The molecule has 0 aromatic heterocycles. The van der Waals surface area contributed by atoms with Crippen LogP contribution in [0.4, 0.5) is 0 Å². The minimum Gasteiger partial charge on any atom is -1.00 e. The van der Waals surface area contributed by atoms with Gasteiger partial charge in [-0.15, -0.1) is 0 Å². The Bertz CT molecular complexity index is 187. The minimum absolute atomic E-state index is 0. The SMILES string of the molecule is CC(=O)CS(=O)(=O)O.[H-].[Na+]. The van der Waals surface area contributed by atoms with E-state index in [1.807, 2.05) is 0 Å². The van der Waals surface area contributed by atoms with Crippen LogP contribution in [0, 0.1) is 0 Å². The number of ketones is 1. The Morgan fingerprint density at radius 3 is 2.00 bits per heavy atom. The average molecular weight is 162 g/mol. The molecule has 0 radical (unpaired) electrons. The molecule has 4 nitrogen and oxygen atoms in total. The van der Waals surface area contributed by atoms with Crippen LogP contribution in [-0.4, -0.2) is 24.5 Å². The van der Waals surface area contributed by atoms with Crippen molar-refractivity contribution in [3.8, 4) is 0 Å². The van der Waals surface area contributed by atoms with Crippen molar-refractivity contribution in [2.45, 2.75) is 6.92 Å². The van der Waals surface area contributed by atoms with Crippen molar-refractivity contribution in [1.29, 1.82) is 0 Å². The molecule has 0 spiro atoms. The second-order valence-electron chi connectivity index (χ2n) is 1.43. The van der Waals surface area contributed by atoms with Crippen molar-refractivity contribution in [1.82, 2.24) is 0 Å². The normalized spacial score (nSPS) is 10.0. The van der Waals surface area contributed by atoms with E-state index in [1.54, 1.807) is 0 Å². The van der Waals surface area contributed by atoms with Crippen molar-refractivity contribution in [2.75, 3.05) is 5.75 Å².